The topological polar surface area (TPSA) is 33.6 Å². The zero-order valence-electron chi connectivity index (χ0n) is 12.2. The van der Waals surface area contributed by atoms with Crippen molar-refractivity contribution in [3.05, 3.63) is 0 Å². The van der Waals surface area contributed by atoms with Gasteiger partial charge in [0.25, 0.3) is 0 Å². The van der Waals surface area contributed by atoms with E-state index in [4.69, 9.17) is 4.74 Å². The highest BCUT2D eigenvalue weighted by Gasteiger charge is 2.20. The minimum atomic E-state index is 0.607. The first-order valence-corrected chi connectivity index (χ1v) is 8.08. The summed E-state index contributed by atoms with van der Waals surface area (Å²) in [6.45, 7) is 11.4. The highest BCUT2D eigenvalue weighted by molar-refractivity contribution is 8.14. The second-order valence-corrected chi connectivity index (χ2v) is 6.77. The molecule has 18 heavy (non-hydrogen) atoms. The van der Waals surface area contributed by atoms with Gasteiger partial charge in [0.1, 0.15) is 0 Å². The Morgan fingerprint density at radius 1 is 1.28 bits per heavy atom. The maximum atomic E-state index is 5.55. The Balaban J connectivity index is 2.06. The summed E-state index contributed by atoms with van der Waals surface area (Å²) in [6, 6.07) is 0.607. The molecular weight excluding hydrogens is 244 g/mol. The summed E-state index contributed by atoms with van der Waals surface area (Å²) in [7, 11) is 0. The lowest BCUT2D eigenvalue weighted by atomic mass is 10.1. The zero-order chi connectivity index (χ0) is 13.4. The number of ether oxygens (including phenoxy) is 1. The number of rotatable bonds is 8. The molecule has 1 atom stereocenters. The molecule has 1 heterocycles. The lowest BCUT2D eigenvalue weighted by Crippen LogP contribution is -2.28. The van der Waals surface area contributed by atoms with Crippen LogP contribution in [0.3, 0.4) is 0 Å². The van der Waals surface area contributed by atoms with E-state index in [1.165, 1.54) is 6.42 Å². The molecule has 3 nitrogen and oxygen atoms in total. The molecule has 0 bridgehead atoms. The van der Waals surface area contributed by atoms with E-state index in [0.29, 0.717) is 6.04 Å². The fourth-order valence-electron chi connectivity index (χ4n) is 1.86. The van der Waals surface area contributed by atoms with Crippen LogP contribution in [-0.2, 0) is 4.74 Å². The van der Waals surface area contributed by atoms with Gasteiger partial charge in [-0.25, -0.2) is 0 Å². The van der Waals surface area contributed by atoms with Crippen molar-refractivity contribution in [1.82, 2.24) is 5.32 Å². The molecule has 0 aliphatic carbocycles. The summed E-state index contributed by atoms with van der Waals surface area (Å²) in [5, 5.41) is 4.59. The predicted octanol–water partition coefficient (Wildman–Crippen LogP) is 3.16. The van der Waals surface area contributed by atoms with E-state index in [9.17, 15) is 0 Å². The molecule has 4 heteroatoms. The zero-order valence-corrected chi connectivity index (χ0v) is 13.1. The summed E-state index contributed by atoms with van der Waals surface area (Å²) in [5.41, 5.74) is 0. The number of thioether (sulfide) groups is 1. The van der Waals surface area contributed by atoms with Crippen LogP contribution in [0, 0.1) is 11.8 Å². The van der Waals surface area contributed by atoms with Gasteiger partial charge in [-0.15, -0.1) is 0 Å². The molecular formula is C14H28N2OS. The third-order valence-electron chi connectivity index (χ3n) is 2.84. The van der Waals surface area contributed by atoms with Crippen molar-refractivity contribution in [3.8, 4) is 0 Å². The smallest absolute Gasteiger partial charge is 0.156 e. The lowest BCUT2D eigenvalue weighted by Gasteiger charge is -2.11. The second kappa shape index (κ2) is 8.81. The van der Waals surface area contributed by atoms with E-state index >= 15 is 0 Å². The fourth-order valence-corrected chi connectivity index (χ4v) is 2.87. The normalized spacial score (nSPS) is 22.1. The molecule has 1 fully saturated rings. The van der Waals surface area contributed by atoms with E-state index in [-0.39, 0.29) is 0 Å². The maximum Gasteiger partial charge on any atom is 0.156 e. The molecule has 1 aliphatic heterocycles. The number of amidine groups is 1. The highest BCUT2D eigenvalue weighted by Crippen LogP contribution is 2.18. The molecule has 1 unspecified atom stereocenters. The molecule has 0 amide bonds. The van der Waals surface area contributed by atoms with Crippen LogP contribution < -0.4 is 5.32 Å². The minimum absolute atomic E-state index is 0.607. The third kappa shape index (κ3) is 7.27. The first-order valence-electron chi connectivity index (χ1n) is 7.09. The number of aliphatic imine (C=N–C) groups is 1. The van der Waals surface area contributed by atoms with Crippen LogP contribution in [-0.4, -0.2) is 36.7 Å². The SMILES string of the molecule is CC(C)CCOCCN=C1NC(CC(C)C)CS1. The van der Waals surface area contributed by atoms with Gasteiger partial charge in [0.2, 0.25) is 0 Å². The molecule has 1 rings (SSSR count). The Morgan fingerprint density at radius 3 is 2.72 bits per heavy atom. The van der Waals surface area contributed by atoms with Crippen LogP contribution in [0.15, 0.2) is 4.99 Å². The maximum absolute atomic E-state index is 5.55. The molecule has 0 radical (unpaired) electrons. The van der Waals surface area contributed by atoms with Gasteiger partial charge in [-0.05, 0) is 24.7 Å². The van der Waals surface area contributed by atoms with Gasteiger partial charge < -0.3 is 10.1 Å². The number of nitrogens with zero attached hydrogens (tertiary/aromatic N) is 1. The summed E-state index contributed by atoms with van der Waals surface area (Å²) >= 11 is 1.84. The molecule has 1 N–H and O–H groups in total. The summed E-state index contributed by atoms with van der Waals surface area (Å²) in [5.74, 6) is 2.63. The quantitative estimate of drug-likeness (QED) is 0.689. The average molecular weight is 272 g/mol. The van der Waals surface area contributed by atoms with Gasteiger partial charge in [0, 0.05) is 18.4 Å². The fraction of sp³-hybridized carbons (Fsp3) is 0.929. The Morgan fingerprint density at radius 2 is 2.06 bits per heavy atom. The number of hydrogen-bond donors (Lipinski definition) is 1. The molecule has 0 aromatic rings. The van der Waals surface area contributed by atoms with Crippen LogP contribution in [0.25, 0.3) is 0 Å². The molecule has 0 saturated carbocycles. The van der Waals surface area contributed by atoms with Gasteiger partial charge in [-0.1, -0.05) is 39.5 Å². The van der Waals surface area contributed by atoms with E-state index in [2.05, 4.69) is 38.0 Å². The molecule has 1 saturated heterocycles. The van der Waals surface area contributed by atoms with Crippen molar-refractivity contribution in [2.45, 2.75) is 46.6 Å². The highest BCUT2D eigenvalue weighted by atomic mass is 32.2. The predicted molar refractivity (Wildman–Crippen MR) is 81.4 cm³/mol. The van der Waals surface area contributed by atoms with E-state index in [1.54, 1.807) is 0 Å². The van der Waals surface area contributed by atoms with Crippen LogP contribution >= 0.6 is 11.8 Å². The van der Waals surface area contributed by atoms with Gasteiger partial charge in [-0.3, -0.25) is 4.99 Å². The van der Waals surface area contributed by atoms with Crippen LogP contribution in [0.1, 0.15) is 40.5 Å². The lowest BCUT2D eigenvalue weighted by molar-refractivity contribution is 0.131. The average Bonchev–Trinajstić information content (AvgIpc) is 2.69. The Bertz CT molecular complexity index is 254. The van der Waals surface area contributed by atoms with Crippen molar-refractivity contribution < 1.29 is 4.74 Å². The van der Waals surface area contributed by atoms with Gasteiger partial charge in [0.05, 0.1) is 13.2 Å². The molecule has 0 aromatic heterocycles. The van der Waals surface area contributed by atoms with Crippen molar-refractivity contribution in [1.29, 1.82) is 0 Å². The Kier molecular flexibility index (Phi) is 7.75. The summed E-state index contributed by atoms with van der Waals surface area (Å²) in [4.78, 5) is 4.54. The molecule has 106 valence electrons. The third-order valence-corrected chi connectivity index (χ3v) is 3.92. The minimum Gasteiger partial charge on any atom is -0.380 e. The Labute approximate surface area is 116 Å². The van der Waals surface area contributed by atoms with Crippen LogP contribution in [0.5, 0.6) is 0 Å². The number of hydrogen-bond acceptors (Lipinski definition) is 3. The van der Waals surface area contributed by atoms with Crippen LogP contribution in [0.2, 0.25) is 0 Å². The van der Waals surface area contributed by atoms with E-state index in [1.807, 2.05) is 11.8 Å². The van der Waals surface area contributed by atoms with E-state index in [0.717, 1.165) is 48.9 Å². The molecule has 1 aliphatic rings. The Hall–Kier alpha value is -0.220. The van der Waals surface area contributed by atoms with Crippen molar-refractivity contribution in [2.75, 3.05) is 25.5 Å². The first-order chi connectivity index (χ1) is 8.58. The van der Waals surface area contributed by atoms with Gasteiger partial charge in [-0.2, -0.15) is 0 Å². The summed E-state index contributed by atoms with van der Waals surface area (Å²) in [6.07, 6.45) is 2.37. The molecule has 0 aromatic carbocycles. The van der Waals surface area contributed by atoms with Crippen molar-refractivity contribution in [2.24, 2.45) is 16.8 Å². The standard InChI is InChI=1S/C14H28N2OS/c1-11(2)5-7-17-8-6-15-14-16-13(10-18-14)9-12(3)4/h11-13H,5-10H2,1-4H3,(H,15,16). The first kappa shape index (κ1) is 15.8. The van der Waals surface area contributed by atoms with Crippen LogP contribution in [0.4, 0.5) is 0 Å². The summed E-state index contributed by atoms with van der Waals surface area (Å²) < 4.78 is 5.55. The second-order valence-electron chi connectivity index (χ2n) is 5.76. The largest absolute Gasteiger partial charge is 0.380 e. The van der Waals surface area contributed by atoms with Crippen molar-refractivity contribution >= 4 is 16.9 Å². The van der Waals surface area contributed by atoms with Crippen molar-refractivity contribution in [3.63, 3.8) is 0 Å². The monoisotopic (exact) mass is 272 g/mol. The van der Waals surface area contributed by atoms with Gasteiger partial charge in [0.15, 0.2) is 5.17 Å². The van der Waals surface area contributed by atoms with E-state index < -0.39 is 0 Å². The molecule has 0 spiro atoms. The number of nitrogens with one attached hydrogen (secondary N) is 1. The van der Waals surface area contributed by atoms with Gasteiger partial charge >= 0.3 is 0 Å².